The molecule has 98 valence electrons. The molecule has 0 amide bonds. The molecule has 0 fully saturated rings. The number of aliphatic hydroxyl groups is 2. The third kappa shape index (κ3) is 1.85. The lowest BCUT2D eigenvalue weighted by molar-refractivity contribution is -0.211. The van der Waals surface area contributed by atoms with E-state index in [0.29, 0.717) is 0 Å². The summed E-state index contributed by atoms with van der Waals surface area (Å²) >= 11 is 0. The predicted molar refractivity (Wildman–Crippen MR) is 52.2 cm³/mol. The summed E-state index contributed by atoms with van der Waals surface area (Å²) in [5, 5.41) is 45.3. The molecular weight excluding hydrogens is 236 g/mol. The molecular formula is C9H14O8. The van der Waals surface area contributed by atoms with Crippen LogP contribution in [0.15, 0.2) is 0 Å². The first-order valence-corrected chi connectivity index (χ1v) is 4.62. The number of rotatable bonds is 6. The maximum absolute atomic E-state index is 11.1. The van der Waals surface area contributed by atoms with E-state index in [4.69, 9.17) is 20.4 Å². The van der Waals surface area contributed by atoms with E-state index < -0.39 is 41.4 Å². The summed E-state index contributed by atoms with van der Waals surface area (Å²) in [4.78, 5) is 33.1. The third-order valence-corrected chi connectivity index (χ3v) is 2.78. The largest absolute Gasteiger partial charge is 0.480 e. The number of carboxylic acid groups (broad SMARTS) is 3. The standard InChI is InChI=1S/C9H14O8/c1-4(2)9(6(13)14,7(15)16)8(17,3-10)5(11)12/h4,10,17H,3H2,1-2H3,(H,11,12)(H,13,14)(H,15,16)/t8-/m1/s1. The fourth-order valence-corrected chi connectivity index (χ4v) is 1.78. The molecule has 0 rings (SSSR count). The molecule has 0 aromatic carbocycles. The van der Waals surface area contributed by atoms with Crippen molar-refractivity contribution in [1.29, 1.82) is 0 Å². The number of carbonyl (C=O) groups is 3. The normalized spacial score (nSPS) is 15.4. The topological polar surface area (TPSA) is 152 Å². The van der Waals surface area contributed by atoms with E-state index in [1.807, 2.05) is 0 Å². The van der Waals surface area contributed by atoms with Crippen molar-refractivity contribution in [3.05, 3.63) is 0 Å². The van der Waals surface area contributed by atoms with Gasteiger partial charge in [0, 0.05) is 0 Å². The van der Waals surface area contributed by atoms with Crippen LogP contribution in [0.1, 0.15) is 13.8 Å². The van der Waals surface area contributed by atoms with E-state index in [-0.39, 0.29) is 0 Å². The van der Waals surface area contributed by atoms with Gasteiger partial charge in [-0.3, -0.25) is 9.59 Å². The van der Waals surface area contributed by atoms with E-state index in [0.717, 1.165) is 13.8 Å². The van der Waals surface area contributed by atoms with Crippen molar-refractivity contribution in [1.82, 2.24) is 0 Å². The molecule has 0 saturated heterocycles. The fourth-order valence-electron chi connectivity index (χ4n) is 1.78. The lowest BCUT2D eigenvalue weighted by atomic mass is 9.64. The molecule has 0 heterocycles. The Morgan fingerprint density at radius 3 is 1.41 bits per heavy atom. The zero-order valence-corrected chi connectivity index (χ0v) is 9.25. The Kier molecular flexibility index (Phi) is 4.22. The second kappa shape index (κ2) is 4.68. The average Bonchev–Trinajstić information content (AvgIpc) is 2.15. The van der Waals surface area contributed by atoms with E-state index in [2.05, 4.69) is 0 Å². The summed E-state index contributed by atoms with van der Waals surface area (Å²) in [7, 11) is 0. The molecule has 8 nitrogen and oxygen atoms in total. The second-order valence-corrected chi connectivity index (χ2v) is 3.90. The van der Waals surface area contributed by atoms with E-state index >= 15 is 0 Å². The Bertz CT molecular complexity index is 333. The molecule has 0 aliphatic rings. The minimum atomic E-state index is -3.31. The zero-order chi connectivity index (χ0) is 14.0. The molecule has 1 atom stereocenters. The highest BCUT2D eigenvalue weighted by atomic mass is 16.4. The van der Waals surface area contributed by atoms with Gasteiger partial charge in [0.1, 0.15) is 0 Å². The highest BCUT2D eigenvalue weighted by Gasteiger charge is 2.68. The predicted octanol–water partition coefficient (Wildman–Crippen LogP) is -1.39. The van der Waals surface area contributed by atoms with Gasteiger partial charge in [0.05, 0.1) is 6.61 Å². The lowest BCUT2D eigenvalue weighted by Gasteiger charge is -2.39. The Hall–Kier alpha value is -1.67. The summed E-state index contributed by atoms with van der Waals surface area (Å²) in [6.07, 6.45) is 0. The van der Waals surface area contributed by atoms with Crippen molar-refractivity contribution < 1.29 is 39.9 Å². The lowest BCUT2D eigenvalue weighted by Crippen LogP contribution is -2.66. The van der Waals surface area contributed by atoms with Gasteiger partial charge in [-0.2, -0.15) is 0 Å². The van der Waals surface area contributed by atoms with Crippen LogP contribution in [0, 0.1) is 11.3 Å². The van der Waals surface area contributed by atoms with Crippen LogP contribution in [0.3, 0.4) is 0 Å². The Morgan fingerprint density at radius 1 is 1.00 bits per heavy atom. The third-order valence-electron chi connectivity index (χ3n) is 2.78. The van der Waals surface area contributed by atoms with Crippen molar-refractivity contribution in [3.8, 4) is 0 Å². The summed E-state index contributed by atoms with van der Waals surface area (Å²) < 4.78 is 0. The smallest absolute Gasteiger partial charge is 0.340 e. The summed E-state index contributed by atoms with van der Waals surface area (Å²) in [5.74, 6) is -7.43. The van der Waals surface area contributed by atoms with Crippen molar-refractivity contribution in [2.45, 2.75) is 19.4 Å². The van der Waals surface area contributed by atoms with Crippen molar-refractivity contribution >= 4 is 17.9 Å². The maximum Gasteiger partial charge on any atom is 0.340 e. The summed E-state index contributed by atoms with van der Waals surface area (Å²) in [5.41, 5.74) is -6.34. The molecule has 0 radical (unpaired) electrons. The molecule has 5 N–H and O–H groups in total. The summed E-state index contributed by atoms with van der Waals surface area (Å²) in [6, 6.07) is 0. The number of hydrogen-bond acceptors (Lipinski definition) is 5. The first kappa shape index (κ1) is 15.3. The highest BCUT2D eigenvalue weighted by Crippen LogP contribution is 2.40. The monoisotopic (exact) mass is 250 g/mol. The zero-order valence-electron chi connectivity index (χ0n) is 9.25. The van der Waals surface area contributed by atoms with Crippen molar-refractivity contribution in [2.75, 3.05) is 6.61 Å². The Morgan fingerprint density at radius 2 is 1.35 bits per heavy atom. The average molecular weight is 250 g/mol. The summed E-state index contributed by atoms with van der Waals surface area (Å²) in [6.45, 7) is 0.733. The van der Waals surface area contributed by atoms with Gasteiger partial charge in [0.25, 0.3) is 0 Å². The maximum atomic E-state index is 11.1. The molecule has 0 aliphatic carbocycles. The molecule has 0 unspecified atom stereocenters. The molecule has 0 spiro atoms. The van der Waals surface area contributed by atoms with Gasteiger partial charge in [-0.1, -0.05) is 13.8 Å². The minimum Gasteiger partial charge on any atom is -0.480 e. The molecule has 0 aromatic heterocycles. The van der Waals surface area contributed by atoms with Crippen LogP contribution in [0.25, 0.3) is 0 Å². The van der Waals surface area contributed by atoms with Crippen LogP contribution < -0.4 is 0 Å². The number of hydrogen-bond donors (Lipinski definition) is 5. The van der Waals surface area contributed by atoms with Gasteiger partial charge >= 0.3 is 17.9 Å². The van der Waals surface area contributed by atoms with E-state index in [1.54, 1.807) is 0 Å². The highest BCUT2D eigenvalue weighted by molar-refractivity contribution is 6.05. The van der Waals surface area contributed by atoms with Gasteiger partial charge in [-0.15, -0.1) is 0 Å². The number of aliphatic carboxylic acids is 3. The van der Waals surface area contributed by atoms with Crippen LogP contribution in [0.2, 0.25) is 0 Å². The SMILES string of the molecule is CC(C)C(C(=O)O)(C(=O)O)[C@@](O)(CO)C(=O)O. The molecule has 0 saturated carbocycles. The number of carboxylic acids is 3. The van der Waals surface area contributed by atoms with E-state index in [1.165, 1.54) is 0 Å². The van der Waals surface area contributed by atoms with E-state index in [9.17, 15) is 19.5 Å². The Balaban J connectivity index is 6.19. The van der Waals surface area contributed by atoms with Gasteiger partial charge in [0.15, 0.2) is 0 Å². The molecule has 0 aliphatic heterocycles. The first-order valence-electron chi connectivity index (χ1n) is 4.62. The van der Waals surface area contributed by atoms with Crippen LogP contribution in [-0.4, -0.2) is 55.6 Å². The van der Waals surface area contributed by atoms with Gasteiger partial charge in [-0.25, -0.2) is 4.79 Å². The van der Waals surface area contributed by atoms with Crippen molar-refractivity contribution in [3.63, 3.8) is 0 Å². The Labute approximate surface area is 96.1 Å². The van der Waals surface area contributed by atoms with Crippen LogP contribution in [-0.2, 0) is 14.4 Å². The first-order chi connectivity index (χ1) is 7.58. The fraction of sp³-hybridized carbons (Fsp3) is 0.667. The molecule has 0 aromatic rings. The van der Waals surface area contributed by atoms with Crippen LogP contribution >= 0.6 is 0 Å². The molecule has 0 bridgehead atoms. The molecule has 8 heteroatoms. The van der Waals surface area contributed by atoms with Crippen molar-refractivity contribution in [2.24, 2.45) is 11.3 Å². The second-order valence-electron chi connectivity index (χ2n) is 3.90. The quantitative estimate of drug-likeness (QED) is 0.361. The van der Waals surface area contributed by atoms with Gasteiger partial charge in [-0.05, 0) is 5.92 Å². The molecule has 17 heavy (non-hydrogen) atoms. The van der Waals surface area contributed by atoms with Crippen LogP contribution in [0.4, 0.5) is 0 Å². The van der Waals surface area contributed by atoms with Gasteiger partial charge in [0.2, 0.25) is 11.0 Å². The number of aliphatic hydroxyl groups excluding tert-OH is 1. The van der Waals surface area contributed by atoms with Crippen LogP contribution in [0.5, 0.6) is 0 Å². The van der Waals surface area contributed by atoms with Gasteiger partial charge < -0.3 is 25.5 Å². The minimum absolute atomic E-state index is 1.13.